The Bertz CT molecular complexity index is 971. The van der Waals surface area contributed by atoms with Crippen LogP contribution in [-0.2, 0) is 13.0 Å². The van der Waals surface area contributed by atoms with E-state index in [9.17, 15) is 4.79 Å². The number of methoxy groups -OCH3 is 2. The van der Waals surface area contributed by atoms with Crippen molar-refractivity contribution in [2.75, 3.05) is 20.8 Å². The van der Waals surface area contributed by atoms with E-state index in [1.54, 1.807) is 26.4 Å². The fraction of sp³-hybridized carbons (Fsp3) is 0.263. The molecule has 1 aliphatic heterocycles. The van der Waals surface area contributed by atoms with Crippen molar-refractivity contribution in [3.63, 3.8) is 0 Å². The van der Waals surface area contributed by atoms with Crippen LogP contribution in [0.4, 0.5) is 0 Å². The number of hydrogen-bond donors (Lipinski definition) is 0. The Morgan fingerprint density at radius 2 is 1.85 bits per heavy atom. The highest BCUT2D eigenvalue weighted by molar-refractivity contribution is 5.95. The predicted molar refractivity (Wildman–Crippen MR) is 97.1 cm³/mol. The van der Waals surface area contributed by atoms with Gasteiger partial charge in [0.2, 0.25) is 0 Å². The lowest BCUT2D eigenvalue weighted by atomic mass is 9.98. The van der Waals surface area contributed by atoms with E-state index < -0.39 is 0 Å². The molecule has 1 amide bonds. The summed E-state index contributed by atoms with van der Waals surface area (Å²) in [6, 6.07) is 11.2. The molecule has 2 aromatic carbocycles. The van der Waals surface area contributed by atoms with Crippen LogP contribution in [0.1, 0.15) is 21.5 Å². The maximum Gasteiger partial charge on any atom is 0.254 e. The van der Waals surface area contributed by atoms with E-state index in [1.807, 2.05) is 29.2 Å². The average molecular weight is 365 g/mol. The number of fused-ring (bicyclic) bond motifs is 1. The van der Waals surface area contributed by atoms with Crippen LogP contribution < -0.4 is 9.47 Å². The van der Waals surface area contributed by atoms with Gasteiger partial charge in [0.05, 0.1) is 19.9 Å². The summed E-state index contributed by atoms with van der Waals surface area (Å²) in [6.07, 6.45) is 2.27. The summed E-state index contributed by atoms with van der Waals surface area (Å²) in [5.41, 5.74) is 3.60. The van der Waals surface area contributed by atoms with Gasteiger partial charge in [0.1, 0.15) is 6.33 Å². The van der Waals surface area contributed by atoms with Crippen molar-refractivity contribution in [3.8, 4) is 17.2 Å². The highest BCUT2D eigenvalue weighted by atomic mass is 16.5. The molecule has 0 saturated carbocycles. The fourth-order valence-electron chi connectivity index (χ4n) is 3.30. The predicted octanol–water partition coefficient (Wildman–Crippen LogP) is 1.88. The summed E-state index contributed by atoms with van der Waals surface area (Å²) in [5.74, 6) is 1.36. The SMILES string of the molecule is COc1cc2c(cc1OC)CN(C(=O)c1cccc(-n3cnnn3)c1)CC2. The van der Waals surface area contributed by atoms with Gasteiger partial charge in [-0.3, -0.25) is 4.79 Å². The van der Waals surface area contributed by atoms with Crippen LogP contribution in [0.15, 0.2) is 42.7 Å². The van der Waals surface area contributed by atoms with Crippen LogP contribution in [0, 0.1) is 0 Å². The Kier molecular flexibility index (Phi) is 4.45. The van der Waals surface area contributed by atoms with Crippen molar-refractivity contribution in [1.29, 1.82) is 0 Å². The van der Waals surface area contributed by atoms with Crippen LogP contribution in [0.3, 0.4) is 0 Å². The second kappa shape index (κ2) is 7.06. The molecule has 0 aliphatic carbocycles. The van der Waals surface area contributed by atoms with Crippen LogP contribution in [0.2, 0.25) is 0 Å². The van der Waals surface area contributed by atoms with Crippen molar-refractivity contribution >= 4 is 5.91 Å². The zero-order valence-corrected chi connectivity index (χ0v) is 15.1. The Labute approximate surface area is 156 Å². The van der Waals surface area contributed by atoms with Gasteiger partial charge in [0.15, 0.2) is 11.5 Å². The quantitative estimate of drug-likeness (QED) is 0.702. The zero-order valence-electron chi connectivity index (χ0n) is 15.1. The van der Waals surface area contributed by atoms with E-state index >= 15 is 0 Å². The molecule has 0 atom stereocenters. The van der Waals surface area contributed by atoms with Crippen LogP contribution in [0.5, 0.6) is 11.5 Å². The maximum absolute atomic E-state index is 13.0. The van der Waals surface area contributed by atoms with Crippen LogP contribution >= 0.6 is 0 Å². The molecule has 0 N–H and O–H groups in total. The Hall–Kier alpha value is -3.42. The van der Waals surface area contributed by atoms with E-state index in [0.29, 0.717) is 30.2 Å². The first-order chi connectivity index (χ1) is 13.2. The molecular weight excluding hydrogens is 346 g/mol. The molecule has 138 valence electrons. The maximum atomic E-state index is 13.0. The van der Waals surface area contributed by atoms with E-state index in [2.05, 4.69) is 15.5 Å². The number of amides is 1. The van der Waals surface area contributed by atoms with Gasteiger partial charge in [-0.1, -0.05) is 6.07 Å². The first-order valence-corrected chi connectivity index (χ1v) is 8.56. The normalized spacial score (nSPS) is 13.2. The number of carbonyl (C=O) groups excluding carboxylic acids is 1. The molecule has 0 bridgehead atoms. The second-order valence-corrected chi connectivity index (χ2v) is 6.26. The molecule has 3 aromatic rings. The van der Waals surface area contributed by atoms with E-state index in [4.69, 9.17) is 9.47 Å². The third-order valence-corrected chi connectivity index (χ3v) is 4.71. The van der Waals surface area contributed by atoms with Gasteiger partial charge in [0.25, 0.3) is 5.91 Å². The van der Waals surface area contributed by atoms with Crippen molar-refractivity contribution in [2.24, 2.45) is 0 Å². The second-order valence-electron chi connectivity index (χ2n) is 6.26. The molecule has 4 rings (SSSR count). The molecule has 8 nitrogen and oxygen atoms in total. The number of hydrogen-bond acceptors (Lipinski definition) is 6. The number of aromatic nitrogens is 4. The zero-order chi connectivity index (χ0) is 18.8. The number of tetrazole rings is 1. The lowest BCUT2D eigenvalue weighted by Crippen LogP contribution is -2.36. The molecule has 0 unspecified atom stereocenters. The summed E-state index contributed by atoms with van der Waals surface area (Å²) < 4.78 is 12.3. The van der Waals surface area contributed by atoms with Crippen molar-refractivity contribution in [2.45, 2.75) is 13.0 Å². The molecule has 2 heterocycles. The van der Waals surface area contributed by atoms with Gasteiger partial charge >= 0.3 is 0 Å². The molecule has 0 fully saturated rings. The minimum atomic E-state index is -0.0228. The lowest BCUT2D eigenvalue weighted by molar-refractivity contribution is 0.0734. The van der Waals surface area contributed by atoms with Gasteiger partial charge in [0, 0.05) is 18.7 Å². The van der Waals surface area contributed by atoms with Crippen molar-refractivity contribution < 1.29 is 14.3 Å². The summed E-state index contributed by atoms with van der Waals surface area (Å²) in [4.78, 5) is 14.9. The third-order valence-electron chi connectivity index (χ3n) is 4.71. The Morgan fingerprint density at radius 3 is 2.56 bits per heavy atom. The van der Waals surface area contributed by atoms with Crippen molar-refractivity contribution in [3.05, 3.63) is 59.4 Å². The summed E-state index contributed by atoms with van der Waals surface area (Å²) in [7, 11) is 3.24. The van der Waals surface area contributed by atoms with Gasteiger partial charge in [-0.15, -0.1) is 5.10 Å². The molecule has 0 spiro atoms. The minimum Gasteiger partial charge on any atom is -0.493 e. The Balaban J connectivity index is 1.59. The highest BCUT2D eigenvalue weighted by Crippen LogP contribution is 2.33. The number of carbonyl (C=O) groups is 1. The van der Waals surface area contributed by atoms with E-state index in [-0.39, 0.29) is 5.91 Å². The molecule has 27 heavy (non-hydrogen) atoms. The van der Waals surface area contributed by atoms with Crippen LogP contribution in [0.25, 0.3) is 5.69 Å². The smallest absolute Gasteiger partial charge is 0.254 e. The molecular formula is C19H19N5O3. The number of nitrogens with zero attached hydrogens (tertiary/aromatic N) is 5. The van der Waals surface area contributed by atoms with E-state index in [1.165, 1.54) is 16.6 Å². The van der Waals surface area contributed by atoms with Gasteiger partial charge in [-0.25, -0.2) is 4.68 Å². The molecule has 0 saturated heterocycles. The number of rotatable bonds is 4. The van der Waals surface area contributed by atoms with Gasteiger partial charge < -0.3 is 14.4 Å². The third kappa shape index (κ3) is 3.21. The van der Waals surface area contributed by atoms with Gasteiger partial charge in [-0.2, -0.15) is 0 Å². The monoisotopic (exact) mass is 365 g/mol. The van der Waals surface area contributed by atoms with Crippen molar-refractivity contribution in [1.82, 2.24) is 25.1 Å². The summed E-state index contributed by atoms with van der Waals surface area (Å²) >= 11 is 0. The summed E-state index contributed by atoms with van der Waals surface area (Å²) in [6.45, 7) is 1.18. The van der Waals surface area contributed by atoms with Crippen LogP contribution in [-0.4, -0.2) is 51.8 Å². The minimum absolute atomic E-state index is 0.0228. The lowest BCUT2D eigenvalue weighted by Gasteiger charge is -2.29. The first kappa shape index (κ1) is 17.0. The molecule has 0 radical (unpaired) electrons. The van der Waals surface area contributed by atoms with E-state index in [0.717, 1.165) is 17.7 Å². The van der Waals surface area contributed by atoms with Gasteiger partial charge in [-0.05, 0) is 58.3 Å². The standard InChI is InChI=1S/C19H19N5O3/c1-26-17-9-13-6-7-23(11-15(13)10-18(17)27-2)19(25)14-4-3-5-16(8-14)24-12-20-21-22-24/h3-5,8-10,12H,6-7,11H2,1-2H3. The molecule has 1 aliphatic rings. The topological polar surface area (TPSA) is 82.4 Å². The molecule has 8 heteroatoms. The fourth-order valence-corrected chi connectivity index (χ4v) is 3.30. The number of benzene rings is 2. The average Bonchev–Trinajstić information content (AvgIpc) is 3.26. The summed E-state index contributed by atoms with van der Waals surface area (Å²) in [5, 5.41) is 11.1. The highest BCUT2D eigenvalue weighted by Gasteiger charge is 2.24. The Morgan fingerprint density at radius 1 is 1.07 bits per heavy atom. The largest absolute Gasteiger partial charge is 0.493 e. The first-order valence-electron chi connectivity index (χ1n) is 8.56. The molecule has 1 aromatic heterocycles. The number of ether oxygens (including phenoxy) is 2.